The molecule has 2 aromatic carbocycles. The van der Waals surface area contributed by atoms with Crippen molar-refractivity contribution in [1.29, 1.82) is 0 Å². The van der Waals surface area contributed by atoms with Crippen molar-refractivity contribution in [2.24, 2.45) is 0 Å². The van der Waals surface area contributed by atoms with E-state index < -0.39 is 11.6 Å². The first-order chi connectivity index (χ1) is 9.59. The summed E-state index contributed by atoms with van der Waals surface area (Å²) in [4.78, 5) is 4.10. The number of hydrogen-bond acceptors (Lipinski definition) is 2. The molecule has 3 nitrogen and oxygen atoms in total. The molecule has 0 fully saturated rings. The van der Waals surface area contributed by atoms with Crippen LogP contribution in [0, 0.1) is 11.6 Å². The molecule has 5 heteroatoms. The number of nitrogens with zero attached hydrogens (tertiary/aromatic N) is 2. The number of nitrogens with two attached hydrogens (primary N) is 1. The van der Waals surface area contributed by atoms with Crippen LogP contribution in [-0.4, -0.2) is 9.55 Å². The van der Waals surface area contributed by atoms with Gasteiger partial charge in [-0.25, -0.2) is 13.8 Å². The highest BCUT2D eigenvalue weighted by atomic mass is 19.2. The Morgan fingerprint density at radius 1 is 1.10 bits per heavy atom. The van der Waals surface area contributed by atoms with Crippen LogP contribution in [0.25, 0.3) is 11.0 Å². The van der Waals surface area contributed by atoms with Gasteiger partial charge in [-0.15, -0.1) is 0 Å². The van der Waals surface area contributed by atoms with Crippen LogP contribution in [-0.2, 0) is 0 Å². The first-order valence-electron chi connectivity index (χ1n) is 6.26. The van der Waals surface area contributed by atoms with Crippen LogP contribution in [0.1, 0.15) is 18.5 Å². The molecule has 0 saturated heterocycles. The topological polar surface area (TPSA) is 43.8 Å². The molecule has 20 heavy (non-hydrogen) atoms. The normalized spacial score (nSPS) is 12.8. The average molecular weight is 273 g/mol. The highest BCUT2D eigenvalue weighted by Crippen LogP contribution is 2.29. The van der Waals surface area contributed by atoms with Crippen molar-refractivity contribution in [2.75, 3.05) is 5.73 Å². The molecule has 0 amide bonds. The number of anilines is 1. The van der Waals surface area contributed by atoms with Crippen molar-refractivity contribution >= 4 is 17.0 Å². The Balaban J connectivity index is 2.26. The molecule has 1 unspecified atom stereocenters. The van der Waals surface area contributed by atoms with Crippen molar-refractivity contribution in [3.8, 4) is 0 Å². The smallest absolute Gasteiger partial charge is 0.201 e. The Labute approximate surface area is 114 Å². The molecule has 0 bridgehead atoms. The van der Waals surface area contributed by atoms with Gasteiger partial charge in [0.15, 0.2) is 11.6 Å². The molecular formula is C15H13F2N3. The van der Waals surface area contributed by atoms with Gasteiger partial charge in [0.2, 0.25) is 5.95 Å². The Morgan fingerprint density at radius 3 is 2.50 bits per heavy atom. The van der Waals surface area contributed by atoms with E-state index in [1.165, 1.54) is 10.6 Å². The van der Waals surface area contributed by atoms with Gasteiger partial charge < -0.3 is 10.3 Å². The molecule has 0 spiro atoms. The Hall–Kier alpha value is -2.43. The summed E-state index contributed by atoms with van der Waals surface area (Å²) in [5.74, 6) is -1.66. The monoisotopic (exact) mass is 273 g/mol. The number of fused-ring (bicyclic) bond motifs is 1. The molecule has 0 aliphatic carbocycles. The quantitative estimate of drug-likeness (QED) is 0.776. The summed E-state index contributed by atoms with van der Waals surface area (Å²) < 4.78 is 29.0. The highest BCUT2D eigenvalue weighted by molar-refractivity contribution is 5.79. The molecule has 102 valence electrons. The Morgan fingerprint density at radius 2 is 1.80 bits per heavy atom. The minimum Gasteiger partial charge on any atom is -0.369 e. The molecule has 1 heterocycles. The Bertz CT molecular complexity index is 766. The molecule has 2 N–H and O–H groups in total. The lowest BCUT2D eigenvalue weighted by atomic mass is 10.1. The fourth-order valence-electron chi connectivity index (χ4n) is 2.41. The minimum absolute atomic E-state index is 0.0962. The lowest BCUT2D eigenvalue weighted by Crippen LogP contribution is -2.11. The van der Waals surface area contributed by atoms with Gasteiger partial charge in [-0.1, -0.05) is 30.3 Å². The predicted molar refractivity (Wildman–Crippen MR) is 74.3 cm³/mol. The lowest BCUT2D eigenvalue weighted by molar-refractivity contribution is 0.509. The maximum atomic E-state index is 14.1. The second-order valence-corrected chi connectivity index (χ2v) is 4.66. The summed E-state index contributed by atoms with van der Waals surface area (Å²) in [5.41, 5.74) is 7.27. The van der Waals surface area contributed by atoms with Crippen LogP contribution >= 0.6 is 0 Å². The van der Waals surface area contributed by atoms with Crippen molar-refractivity contribution in [3.05, 3.63) is 59.7 Å². The number of nitrogen functional groups attached to an aromatic ring is 1. The van der Waals surface area contributed by atoms with Gasteiger partial charge in [0.25, 0.3) is 0 Å². The summed E-state index contributed by atoms with van der Waals surface area (Å²) in [6, 6.07) is 11.7. The van der Waals surface area contributed by atoms with Crippen LogP contribution < -0.4 is 5.73 Å². The highest BCUT2D eigenvalue weighted by Gasteiger charge is 2.20. The maximum Gasteiger partial charge on any atom is 0.201 e. The van der Waals surface area contributed by atoms with Crippen molar-refractivity contribution in [2.45, 2.75) is 13.0 Å². The molecule has 3 aromatic rings. The van der Waals surface area contributed by atoms with Crippen LogP contribution in [0.2, 0.25) is 0 Å². The minimum atomic E-state index is -0.922. The van der Waals surface area contributed by atoms with Gasteiger partial charge in [0.05, 0.1) is 11.6 Å². The summed E-state index contributed by atoms with van der Waals surface area (Å²) in [5, 5.41) is 0. The van der Waals surface area contributed by atoms with Crippen molar-refractivity contribution < 1.29 is 8.78 Å². The SMILES string of the molecule is CC(c1ccccc1)n1c(N)nc2ccc(F)c(F)c21. The second-order valence-electron chi connectivity index (χ2n) is 4.66. The number of aromatic nitrogens is 2. The van der Waals surface area contributed by atoms with Gasteiger partial charge in [0.1, 0.15) is 5.52 Å². The standard InChI is InChI=1S/C15H13F2N3/c1-9(10-5-3-2-4-6-10)20-14-12(19-15(20)18)8-7-11(16)13(14)17/h2-9H,1H3,(H2,18,19). The van der Waals surface area contributed by atoms with E-state index in [1.54, 1.807) is 0 Å². The summed E-state index contributed by atoms with van der Waals surface area (Å²) in [6.45, 7) is 1.87. The van der Waals surface area contributed by atoms with Crippen LogP contribution in [0.5, 0.6) is 0 Å². The molecule has 0 aliphatic rings. The second kappa shape index (κ2) is 4.59. The first kappa shape index (κ1) is 12.6. The zero-order valence-corrected chi connectivity index (χ0v) is 10.8. The first-order valence-corrected chi connectivity index (χ1v) is 6.26. The molecule has 3 rings (SSSR count). The maximum absolute atomic E-state index is 14.1. The van der Waals surface area contributed by atoms with Crippen molar-refractivity contribution in [1.82, 2.24) is 9.55 Å². The summed E-state index contributed by atoms with van der Waals surface area (Å²) >= 11 is 0. The summed E-state index contributed by atoms with van der Waals surface area (Å²) in [6.07, 6.45) is 0. The average Bonchev–Trinajstić information content (AvgIpc) is 2.80. The van der Waals surface area contributed by atoms with Crippen LogP contribution in [0.15, 0.2) is 42.5 Å². The molecule has 1 aromatic heterocycles. The molecular weight excluding hydrogens is 260 g/mol. The fourth-order valence-corrected chi connectivity index (χ4v) is 2.41. The molecule has 0 radical (unpaired) electrons. The van der Waals surface area contributed by atoms with E-state index in [-0.39, 0.29) is 17.5 Å². The number of imidazole rings is 1. The summed E-state index contributed by atoms with van der Waals surface area (Å²) in [7, 11) is 0. The Kier molecular flexibility index (Phi) is 2.89. The number of rotatable bonds is 2. The third kappa shape index (κ3) is 1.82. The van der Waals surface area contributed by atoms with E-state index in [4.69, 9.17) is 5.73 Å². The van der Waals surface area contributed by atoms with E-state index in [9.17, 15) is 8.78 Å². The fraction of sp³-hybridized carbons (Fsp3) is 0.133. The molecule has 1 atom stereocenters. The van der Waals surface area contributed by atoms with Gasteiger partial charge in [-0.05, 0) is 24.6 Å². The number of halogens is 2. The van der Waals surface area contributed by atoms with E-state index >= 15 is 0 Å². The third-order valence-electron chi connectivity index (χ3n) is 3.44. The lowest BCUT2D eigenvalue weighted by Gasteiger charge is -2.16. The van der Waals surface area contributed by atoms with E-state index in [0.717, 1.165) is 11.6 Å². The number of hydrogen-bond donors (Lipinski definition) is 1. The molecule has 0 saturated carbocycles. The van der Waals surface area contributed by atoms with E-state index in [1.807, 2.05) is 37.3 Å². The zero-order valence-electron chi connectivity index (χ0n) is 10.8. The van der Waals surface area contributed by atoms with E-state index in [2.05, 4.69) is 4.98 Å². The third-order valence-corrected chi connectivity index (χ3v) is 3.44. The van der Waals surface area contributed by atoms with Gasteiger partial charge in [0, 0.05) is 0 Å². The number of benzene rings is 2. The van der Waals surface area contributed by atoms with Crippen LogP contribution in [0.3, 0.4) is 0 Å². The van der Waals surface area contributed by atoms with Crippen molar-refractivity contribution in [3.63, 3.8) is 0 Å². The van der Waals surface area contributed by atoms with Gasteiger partial charge in [-0.3, -0.25) is 0 Å². The van der Waals surface area contributed by atoms with Crippen LogP contribution in [0.4, 0.5) is 14.7 Å². The largest absolute Gasteiger partial charge is 0.369 e. The predicted octanol–water partition coefficient (Wildman–Crippen LogP) is 3.51. The zero-order chi connectivity index (χ0) is 14.3. The van der Waals surface area contributed by atoms with Gasteiger partial charge in [-0.2, -0.15) is 0 Å². The molecule has 0 aliphatic heterocycles. The van der Waals surface area contributed by atoms with Gasteiger partial charge >= 0.3 is 0 Å². The van der Waals surface area contributed by atoms with E-state index in [0.29, 0.717) is 5.52 Å².